The molecule has 0 saturated carbocycles. The van der Waals surface area contributed by atoms with E-state index in [1.165, 1.54) is 0 Å². The Morgan fingerprint density at radius 1 is 1.57 bits per heavy atom. The quantitative estimate of drug-likeness (QED) is 0.749. The van der Waals surface area contributed by atoms with Gasteiger partial charge in [-0.1, -0.05) is 0 Å². The Kier molecular flexibility index (Phi) is 2.51. The molecule has 0 unspecified atom stereocenters. The maximum Gasteiger partial charge on any atom is 0.137 e. The fraction of sp³-hybridized carbons (Fsp3) is 0.500. The molecule has 2 heterocycles. The summed E-state index contributed by atoms with van der Waals surface area (Å²) in [5.74, 6) is 0. The summed E-state index contributed by atoms with van der Waals surface area (Å²) in [6.45, 7) is 2.77. The number of rotatable bonds is 2. The van der Waals surface area contributed by atoms with E-state index < -0.39 is 5.60 Å². The minimum absolute atomic E-state index is 0.382. The molecule has 1 aromatic rings. The van der Waals surface area contributed by atoms with Crippen LogP contribution >= 0.6 is 11.8 Å². The first-order chi connectivity index (χ1) is 6.65. The van der Waals surface area contributed by atoms with Crippen molar-refractivity contribution in [3.63, 3.8) is 0 Å². The molecule has 1 aromatic heterocycles. The maximum absolute atomic E-state index is 10.00. The Labute approximate surface area is 87.5 Å². The number of aliphatic hydroxyl groups is 1. The first-order valence-electron chi connectivity index (χ1n) is 4.47. The van der Waals surface area contributed by atoms with Gasteiger partial charge in [-0.3, -0.25) is 0 Å². The minimum atomic E-state index is -0.797. The fourth-order valence-electron chi connectivity index (χ4n) is 1.49. The topological polar surface area (TPSA) is 42.4 Å². The second-order valence-corrected chi connectivity index (χ2v) is 4.37. The van der Waals surface area contributed by atoms with Crippen molar-refractivity contribution in [2.24, 2.45) is 0 Å². The normalized spacial score (nSPS) is 19.1. The molecule has 0 bridgehead atoms. The lowest BCUT2D eigenvalue weighted by atomic mass is 9.93. The molecule has 1 aliphatic rings. The van der Waals surface area contributed by atoms with Crippen LogP contribution in [0.25, 0.3) is 0 Å². The highest BCUT2D eigenvalue weighted by atomic mass is 32.2. The summed E-state index contributed by atoms with van der Waals surface area (Å²) in [6.07, 6.45) is 3.73. The molecule has 0 atom stereocenters. The SMILES string of the molecule is CSc1ncc(C2(O)COC2)cc1C. The van der Waals surface area contributed by atoms with Gasteiger partial charge < -0.3 is 9.84 Å². The van der Waals surface area contributed by atoms with Gasteiger partial charge in [0.1, 0.15) is 5.60 Å². The van der Waals surface area contributed by atoms with Gasteiger partial charge in [0.2, 0.25) is 0 Å². The summed E-state index contributed by atoms with van der Waals surface area (Å²) in [4.78, 5) is 4.29. The molecule has 14 heavy (non-hydrogen) atoms. The van der Waals surface area contributed by atoms with E-state index >= 15 is 0 Å². The minimum Gasteiger partial charge on any atom is -0.380 e. The average molecular weight is 211 g/mol. The van der Waals surface area contributed by atoms with E-state index in [0.29, 0.717) is 13.2 Å². The van der Waals surface area contributed by atoms with Gasteiger partial charge in [0, 0.05) is 11.8 Å². The van der Waals surface area contributed by atoms with E-state index in [2.05, 4.69) is 4.98 Å². The van der Waals surface area contributed by atoms with Crippen molar-refractivity contribution < 1.29 is 9.84 Å². The monoisotopic (exact) mass is 211 g/mol. The number of hydrogen-bond acceptors (Lipinski definition) is 4. The van der Waals surface area contributed by atoms with Crippen molar-refractivity contribution >= 4 is 11.8 Å². The number of pyridine rings is 1. The molecule has 0 spiro atoms. The first kappa shape index (κ1) is 9.96. The van der Waals surface area contributed by atoms with Gasteiger partial charge in [-0.2, -0.15) is 0 Å². The van der Waals surface area contributed by atoms with Crippen molar-refractivity contribution in [2.75, 3.05) is 19.5 Å². The molecule has 2 rings (SSSR count). The average Bonchev–Trinajstić information content (AvgIpc) is 2.14. The van der Waals surface area contributed by atoms with Crippen LogP contribution in [-0.4, -0.2) is 29.6 Å². The van der Waals surface area contributed by atoms with E-state index in [4.69, 9.17) is 4.74 Å². The Morgan fingerprint density at radius 2 is 2.29 bits per heavy atom. The fourth-order valence-corrected chi connectivity index (χ4v) is 2.03. The summed E-state index contributed by atoms with van der Waals surface area (Å²) in [5.41, 5.74) is 1.17. The van der Waals surface area contributed by atoms with E-state index in [-0.39, 0.29) is 0 Å². The molecule has 1 N–H and O–H groups in total. The first-order valence-corrected chi connectivity index (χ1v) is 5.69. The lowest BCUT2D eigenvalue weighted by Crippen LogP contribution is -2.46. The maximum atomic E-state index is 10.00. The standard InChI is InChI=1S/C10H13NO2S/c1-7-3-8(4-11-9(7)14-2)10(12)5-13-6-10/h3-4,12H,5-6H2,1-2H3. The number of thioether (sulfide) groups is 1. The third-order valence-electron chi connectivity index (χ3n) is 2.44. The van der Waals surface area contributed by atoms with Crippen LogP contribution in [0, 0.1) is 6.92 Å². The second-order valence-electron chi connectivity index (χ2n) is 3.57. The molecular weight excluding hydrogens is 198 g/mol. The Hall–Kier alpha value is -0.580. The predicted octanol–water partition coefficient (Wildman–Crippen LogP) is 1.33. The van der Waals surface area contributed by atoms with E-state index in [0.717, 1.165) is 16.2 Å². The van der Waals surface area contributed by atoms with Crippen molar-refractivity contribution in [1.82, 2.24) is 4.98 Å². The van der Waals surface area contributed by atoms with Crippen molar-refractivity contribution in [2.45, 2.75) is 17.6 Å². The van der Waals surface area contributed by atoms with Gasteiger partial charge in [0.15, 0.2) is 0 Å². The molecule has 0 amide bonds. The summed E-state index contributed by atoms with van der Waals surface area (Å²) < 4.78 is 5.01. The van der Waals surface area contributed by atoms with Crippen molar-refractivity contribution in [3.05, 3.63) is 23.4 Å². The predicted molar refractivity (Wildman–Crippen MR) is 55.5 cm³/mol. The van der Waals surface area contributed by atoms with Crippen molar-refractivity contribution in [1.29, 1.82) is 0 Å². The highest BCUT2D eigenvalue weighted by Crippen LogP contribution is 2.30. The Morgan fingerprint density at radius 3 is 2.71 bits per heavy atom. The third kappa shape index (κ3) is 1.54. The van der Waals surface area contributed by atoms with Crippen molar-refractivity contribution in [3.8, 4) is 0 Å². The van der Waals surface area contributed by atoms with E-state index in [1.807, 2.05) is 19.2 Å². The molecular formula is C10H13NO2S. The molecule has 76 valence electrons. The molecule has 1 saturated heterocycles. The summed E-state index contributed by atoms with van der Waals surface area (Å²) >= 11 is 1.62. The zero-order valence-electron chi connectivity index (χ0n) is 8.28. The zero-order valence-corrected chi connectivity index (χ0v) is 9.10. The zero-order chi connectivity index (χ0) is 10.2. The number of aromatic nitrogens is 1. The number of aryl methyl sites for hydroxylation is 1. The van der Waals surface area contributed by atoms with Crippen LogP contribution in [0.1, 0.15) is 11.1 Å². The third-order valence-corrected chi connectivity index (χ3v) is 3.26. The number of nitrogens with zero attached hydrogens (tertiary/aromatic N) is 1. The molecule has 0 radical (unpaired) electrons. The van der Waals surface area contributed by atoms with Crippen LogP contribution in [0.4, 0.5) is 0 Å². The van der Waals surface area contributed by atoms with Crippen LogP contribution in [-0.2, 0) is 10.3 Å². The van der Waals surface area contributed by atoms with Crippen LogP contribution in [0.3, 0.4) is 0 Å². The van der Waals surface area contributed by atoms with E-state index in [1.54, 1.807) is 18.0 Å². The largest absolute Gasteiger partial charge is 0.380 e. The molecule has 0 aromatic carbocycles. The van der Waals surface area contributed by atoms with Gasteiger partial charge >= 0.3 is 0 Å². The molecule has 1 aliphatic heterocycles. The van der Waals surface area contributed by atoms with Gasteiger partial charge in [-0.15, -0.1) is 11.8 Å². The Balaban J connectivity index is 2.32. The smallest absolute Gasteiger partial charge is 0.137 e. The van der Waals surface area contributed by atoms with Gasteiger partial charge in [0.05, 0.1) is 18.2 Å². The molecule has 1 fully saturated rings. The van der Waals surface area contributed by atoms with Gasteiger partial charge in [-0.05, 0) is 24.8 Å². The highest BCUT2D eigenvalue weighted by Gasteiger charge is 2.38. The highest BCUT2D eigenvalue weighted by molar-refractivity contribution is 7.98. The van der Waals surface area contributed by atoms with Crippen LogP contribution in [0.2, 0.25) is 0 Å². The lowest BCUT2D eigenvalue weighted by molar-refractivity contribution is -0.184. The number of hydrogen-bond donors (Lipinski definition) is 1. The second kappa shape index (κ2) is 3.53. The summed E-state index contributed by atoms with van der Waals surface area (Å²) in [7, 11) is 0. The molecule has 0 aliphatic carbocycles. The summed E-state index contributed by atoms with van der Waals surface area (Å²) in [6, 6.07) is 1.99. The van der Waals surface area contributed by atoms with Crippen LogP contribution in [0.5, 0.6) is 0 Å². The number of ether oxygens (including phenoxy) is 1. The summed E-state index contributed by atoms with van der Waals surface area (Å²) in [5, 5.41) is 11.0. The molecule has 3 nitrogen and oxygen atoms in total. The lowest BCUT2D eigenvalue weighted by Gasteiger charge is -2.36. The van der Waals surface area contributed by atoms with Gasteiger partial charge in [0.25, 0.3) is 0 Å². The van der Waals surface area contributed by atoms with Crippen LogP contribution in [0.15, 0.2) is 17.3 Å². The van der Waals surface area contributed by atoms with Gasteiger partial charge in [-0.25, -0.2) is 4.98 Å². The Bertz CT molecular complexity index is 350. The van der Waals surface area contributed by atoms with E-state index in [9.17, 15) is 5.11 Å². The molecule has 4 heteroatoms. The van der Waals surface area contributed by atoms with Crippen LogP contribution < -0.4 is 0 Å².